The normalized spacial score (nSPS) is 15.0. The summed E-state index contributed by atoms with van der Waals surface area (Å²) in [4.78, 5) is 24.7. The Kier molecular flexibility index (Phi) is 5.98. The van der Waals surface area contributed by atoms with Crippen molar-refractivity contribution < 1.29 is 19.1 Å². The van der Waals surface area contributed by atoms with Crippen LogP contribution in [0.1, 0.15) is 21.5 Å². The average molecular weight is 464 g/mol. The zero-order valence-corrected chi connectivity index (χ0v) is 17.6. The fourth-order valence-corrected chi connectivity index (χ4v) is 3.92. The first-order valence-corrected chi connectivity index (χ1v) is 9.80. The first-order chi connectivity index (χ1) is 12.9. The zero-order chi connectivity index (χ0) is 19.6. The molecule has 0 bridgehead atoms. The van der Waals surface area contributed by atoms with Gasteiger partial charge in [-0.1, -0.05) is 41.7 Å². The first-order valence-electron chi connectivity index (χ1n) is 7.78. The van der Waals surface area contributed by atoms with Crippen LogP contribution in [-0.4, -0.2) is 23.3 Å². The van der Waals surface area contributed by atoms with E-state index in [4.69, 9.17) is 21.7 Å². The minimum Gasteiger partial charge on any atom is -0.493 e. The number of methoxy groups -OCH3 is 1. The number of nitrogens with one attached hydrogen (secondary N) is 1. The van der Waals surface area contributed by atoms with Gasteiger partial charge in [0.1, 0.15) is 4.32 Å². The van der Waals surface area contributed by atoms with Gasteiger partial charge < -0.3 is 14.8 Å². The summed E-state index contributed by atoms with van der Waals surface area (Å²) in [6, 6.07) is 10.5. The number of aryl methyl sites for hydroxylation is 1. The molecule has 0 atom stereocenters. The van der Waals surface area contributed by atoms with Crippen molar-refractivity contribution in [1.29, 1.82) is 0 Å². The summed E-state index contributed by atoms with van der Waals surface area (Å²) in [5.74, 6) is -0.0990. The molecule has 1 aliphatic rings. The van der Waals surface area contributed by atoms with Crippen LogP contribution in [0, 0.1) is 6.92 Å². The Balaban J connectivity index is 1.89. The molecule has 1 amide bonds. The van der Waals surface area contributed by atoms with E-state index in [1.54, 1.807) is 30.3 Å². The van der Waals surface area contributed by atoms with Crippen LogP contribution in [0.15, 0.2) is 45.8 Å². The highest BCUT2D eigenvalue weighted by atomic mass is 79.9. The number of amides is 1. The van der Waals surface area contributed by atoms with Gasteiger partial charge in [0.2, 0.25) is 0 Å². The lowest BCUT2D eigenvalue weighted by molar-refractivity contribution is -0.115. The molecule has 0 radical (unpaired) electrons. The average Bonchev–Trinajstić information content (AvgIpc) is 2.94. The molecule has 3 rings (SSSR count). The highest BCUT2D eigenvalue weighted by Crippen LogP contribution is 2.38. The lowest BCUT2D eigenvalue weighted by atomic mass is 10.1. The molecule has 0 aromatic heterocycles. The number of rotatable bonds is 4. The van der Waals surface area contributed by atoms with Crippen molar-refractivity contribution in [3.05, 3.63) is 62.5 Å². The van der Waals surface area contributed by atoms with Gasteiger partial charge in [0, 0.05) is 0 Å². The Hall–Kier alpha value is -2.16. The molecule has 0 unspecified atom stereocenters. The van der Waals surface area contributed by atoms with Crippen LogP contribution in [0.2, 0.25) is 0 Å². The van der Waals surface area contributed by atoms with E-state index >= 15 is 0 Å². The van der Waals surface area contributed by atoms with Crippen molar-refractivity contribution in [3.63, 3.8) is 0 Å². The highest BCUT2D eigenvalue weighted by Gasteiger charge is 2.23. The zero-order valence-electron chi connectivity index (χ0n) is 14.4. The quantitative estimate of drug-likeness (QED) is 0.312. The summed E-state index contributed by atoms with van der Waals surface area (Å²) in [5.41, 5.74) is 2.19. The van der Waals surface area contributed by atoms with E-state index in [-0.39, 0.29) is 11.7 Å². The SMILES string of the molecule is COc1cc(/C=C2/SC(=S)NC2=O)cc(Br)c1OC(=O)c1ccc(C)cc1. The summed E-state index contributed by atoms with van der Waals surface area (Å²) in [5, 5.41) is 2.56. The molecule has 1 N–H and O–H groups in total. The molecule has 27 heavy (non-hydrogen) atoms. The number of benzene rings is 2. The third kappa shape index (κ3) is 4.58. The molecule has 1 aliphatic heterocycles. The van der Waals surface area contributed by atoms with Gasteiger partial charge in [0.05, 0.1) is 22.1 Å². The van der Waals surface area contributed by atoms with E-state index in [2.05, 4.69) is 21.2 Å². The number of thioether (sulfide) groups is 1. The van der Waals surface area contributed by atoms with Gasteiger partial charge in [-0.3, -0.25) is 4.79 Å². The third-order valence-electron chi connectivity index (χ3n) is 3.67. The maximum Gasteiger partial charge on any atom is 0.343 e. The van der Waals surface area contributed by atoms with Crippen LogP contribution in [0.3, 0.4) is 0 Å². The minimum atomic E-state index is -0.490. The van der Waals surface area contributed by atoms with Crippen molar-refractivity contribution in [2.75, 3.05) is 7.11 Å². The molecule has 0 saturated carbocycles. The number of halogens is 1. The molecule has 1 heterocycles. The molecule has 5 nitrogen and oxygen atoms in total. The van der Waals surface area contributed by atoms with Gasteiger partial charge >= 0.3 is 5.97 Å². The second kappa shape index (κ2) is 8.24. The Morgan fingerprint density at radius 2 is 1.96 bits per heavy atom. The van der Waals surface area contributed by atoms with Gasteiger partial charge in [-0.15, -0.1) is 0 Å². The van der Waals surface area contributed by atoms with Crippen molar-refractivity contribution in [1.82, 2.24) is 5.32 Å². The van der Waals surface area contributed by atoms with Crippen LogP contribution in [0.5, 0.6) is 11.5 Å². The fraction of sp³-hybridized carbons (Fsp3) is 0.105. The Bertz CT molecular complexity index is 970. The summed E-state index contributed by atoms with van der Waals surface area (Å²) in [6.45, 7) is 1.94. The minimum absolute atomic E-state index is 0.241. The summed E-state index contributed by atoms with van der Waals surface area (Å²) in [7, 11) is 1.48. The summed E-state index contributed by atoms with van der Waals surface area (Å²) < 4.78 is 11.8. The number of hydrogen-bond donors (Lipinski definition) is 1. The third-order valence-corrected chi connectivity index (χ3v) is 5.43. The predicted octanol–water partition coefficient (Wildman–Crippen LogP) is 4.47. The monoisotopic (exact) mass is 463 g/mol. The lowest BCUT2D eigenvalue weighted by Gasteiger charge is -2.12. The molecule has 0 aliphatic carbocycles. The molecule has 1 fully saturated rings. The number of carbonyl (C=O) groups is 2. The maximum absolute atomic E-state index is 12.4. The molecule has 8 heteroatoms. The molecule has 1 saturated heterocycles. The van der Waals surface area contributed by atoms with E-state index in [0.717, 1.165) is 5.56 Å². The van der Waals surface area contributed by atoms with Crippen LogP contribution < -0.4 is 14.8 Å². The Morgan fingerprint density at radius 3 is 2.56 bits per heavy atom. The van der Waals surface area contributed by atoms with E-state index in [1.165, 1.54) is 18.9 Å². The lowest BCUT2D eigenvalue weighted by Crippen LogP contribution is -2.17. The standard InChI is InChI=1S/C19H14BrNO4S2/c1-10-3-5-12(6-4-10)18(23)25-16-13(20)7-11(8-14(16)24-2)9-15-17(22)21-19(26)27-15/h3-9H,1-2H3,(H,21,22,26)/b15-9+. The first kappa shape index (κ1) is 19.6. The van der Waals surface area contributed by atoms with Gasteiger partial charge in [0.15, 0.2) is 11.5 Å². The van der Waals surface area contributed by atoms with Crippen LogP contribution in [-0.2, 0) is 4.79 Å². The fourth-order valence-electron chi connectivity index (χ4n) is 2.34. The molecular weight excluding hydrogens is 450 g/mol. The Labute approximate surface area is 174 Å². The van der Waals surface area contributed by atoms with Gasteiger partial charge in [-0.05, 0) is 58.8 Å². The highest BCUT2D eigenvalue weighted by molar-refractivity contribution is 9.10. The number of hydrogen-bond acceptors (Lipinski definition) is 6. The molecule has 0 spiro atoms. The van der Waals surface area contributed by atoms with E-state index < -0.39 is 5.97 Å². The van der Waals surface area contributed by atoms with Crippen molar-refractivity contribution in [3.8, 4) is 11.5 Å². The van der Waals surface area contributed by atoms with Crippen LogP contribution in [0.4, 0.5) is 0 Å². The van der Waals surface area contributed by atoms with Crippen molar-refractivity contribution in [2.45, 2.75) is 6.92 Å². The molecular formula is C19H14BrNO4S2. The van der Waals surface area contributed by atoms with Crippen molar-refractivity contribution in [2.24, 2.45) is 0 Å². The second-order valence-corrected chi connectivity index (χ2v) is 8.22. The largest absolute Gasteiger partial charge is 0.493 e. The number of carbonyl (C=O) groups excluding carboxylic acids is 2. The van der Waals surface area contributed by atoms with Crippen LogP contribution in [0.25, 0.3) is 6.08 Å². The van der Waals surface area contributed by atoms with Gasteiger partial charge in [-0.25, -0.2) is 4.79 Å². The van der Waals surface area contributed by atoms with Crippen LogP contribution >= 0.6 is 39.9 Å². The van der Waals surface area contributed by atoms with E-state index in [1.807, 2.05) is 19.1 Å². The van der Waals surface area contributed by atoms with E-state index in [9.17, 15) is 9.59 Å². The number of ether oxygens (including phenoxy) is 2. The Morgan fingerprint density at radius 1 is 1.26 bits per heavy atom. The second-order valence-electron chi connectivity index (χ2n) is 5.64. The van der Waals surface area contributed by atoms with Gasteiger partial charge in [0.25, 0.3) is 5.91 Å². The topological polar surface area (TPSA) is 64.6 Å². The summed E-state index contributed by atoms with van der Waals surface area (Å²) in [6.07, 6.45) is 1.69. The number of thiocarbonyl (C=S) groups is 1. The molecule has 2 aromatic rings. The van der Waals surface area contributed by atoms with E-state index in [0.29, 0.717) is 30.6 Å². The summed E-state index contributed by atoms with van der Waals surface area (Å²) >= 11 is 9.58. The smallest absolute Gasteiger partial charge is 0.343 e. The predicted molar refractivity (Wildman–Crippen MR) is 113 cm³/mol. The maximum atomic E-state index is 12.4. The van der Waals surface area contributed by atoms with Gasteiger partial charge in [-0.2, -0.15) is 0 Å². The van der Waals surface area contributed by atoms with Crippen molar-refractivity contribution >= 4 is 62.2 Å². The number of esters is 1. The molecule has 138 valence electrons. The molecule has 2 aromatic carbocycles.